The van der Waals surface area contributed by atoms with E-state index in [1.165, 1.54) is 212 Å². The van der Waals surface area contributed by atoms with Gasteiger partial charge in [0.1, 0.15) is 0 Å². The number of unbranched alkanes of at least 4 members (excludes halogenated alkanes) is 36. The molecule has 1 radical (unpaired) electrons. The van der Waals surface area contributed by atoms with Gasteiger partial charge in [-0.05, 0) is 38.5 Å². The van der Waals surface area contributed by atoms with E-state index in [0.29, 0.717) is 0 Å². The summed E-state index contributed by atoms with van der Waals surface area (Å²) in [5.41, 5.74) is 0. The number of hydrogen-bond acceptors (Lipinski definition) is 6. The van der Waals surface area contributed by atoms with Crippen molar-refractivity contribution in [1.29, 1.82) is 0 Å². The van der Waals surface area contributed by atoms with E-state index in [1.807, 2.05) is 0 Å². The number of carbonyl (C=O) groups excluding carboxylic acids is 3. The van der Waals surface area contributed by atoms with Crippen LogP contribution in [0.1, 0.15) is 290 Å². The van der Waals surface area contributed by atoms with Crippen molar-refractivity contribution in [3.63, 3.8) is 0 Å². The summed E-state index contributed by atoms with van der Waals surface area (Å²) in [6, 6.07) is 0. The molecule has 6 nitrogen and oxygen atoms in total. The van der Waals surface area contributed by atoms with Gasteiger partial charge in [0.05, 0.1) is 0 Å². The fourth-order valence-electron chi connectivity index (χ4n) is 6.86. The minimum absolute atomic E-state index is 0. The first kappa shape index (κ1) is 61.4. The predicted octanol–water partition coefficient (Wildman–Crippen LogP) is 12.7. The van der Waals surface area contributed by atoms with Gasteiger partial charge in [0, 0.05) is 17.9 Å². The monoisotopic (exact) mass is 908 g/mol. The second kappa shape index (κ2) is 58.1. The fourth-order valence-corrected chi connectivity index (χ4v) is 6.86. The molecule has 0 aromatic rings. The quantitative estimate of drug-likeness (QED) is 0.0563. The van der Waals surface area contributed by atoms with Crippen LogP contribution >= 0.6 is 0 Å². The summed E-state index contributed by atoms with van der Waals surface area (Å²) in [6.07, 6.45) is 50.8. The van der Waals surface area contributed by atoms with Gasteiger partial charge in [-0.25, -0.2) is 0 Å². The Morgan fingerprint density at radius 2 is 0.345 bits per heavy atom. The van der Waals surface area contributed by atoms with Gasteiger partial charge in [-0.2, -0.15) is 0 Å². The van der Waals surface area contributed by atoms with Crippen LogP contribution in [0.25, 0.3) is 0 Å². The normalized spacial score (nSPS) is 10.5. The van der Waals surface area contributed by atoms with Crippen molar-refractivity contribution in [1.82, 2.24) is 0 Å². The van der Waals surface area contributed by atoms with Gasteiger partial charge in [-0.15, -0.1) is 0 Å². The number of carbonyl (C=O) groups is 3. The number of hydrogen-bond donors (Lipinski definition) is 0. The van der Waals surface area contributed by atoms with Crippen LogP contribution in [0, 0.1) is 40.8 Å². The second-order valence-electron chi connectivity index (χ2n) is 16.1. The van der Waals surface area contributed by atoms with E-state index < -0.39 is 17.9 Å². The van der Waals surface area contributed by atoms with E-state index in [0.717, 1.165) is 38.5 Å². The van der Waals surface area contributed by atoms with Gasteiger partial charge in [-0.1, -0.05) is 252 Å². The van der Waals surface area contributed by atoms with E-state index in [-0.39, 0.29) is 60.1 Å². The van der Waals surface area contributed by atoms with Crippen LogP contribution in [0.2, 0.25) is 0 Å². The van der Waals surface area contributed by atoms with Gasteiger partial charge >= 0.3 is 40.8 Å². The molecule has 55 heavy (non-hydrogen) atoms. The third-order valence-electron chi connectivity index (χ3n) is 10.5. The molecule has 7 heteroatoms. The smallest absolute Gasteiger partial charge is 0.550 e. The predicted molar refractivity (Wildman–Crippen MR) is 226 cm³/mol. The van der Waals surface area contributed by atoms with Crippen LogP contribution in [0.5, 0.6) is 0 Å². The summed E-state index contributed by atoms with van der Waals surface area (Å²) in [7, 11) is 0. The molecule has 0 atom stereocenters. The molecule has 0 saturated heterocycles. The first-order valence-electron chi connectivity index (χ1n) is 23.9. The average Bonchev–Trinajstić information content (AvgIpc) is 3.14. The molecular weight excluding hydrogens is 817 g/mol. The van der Waals surface area contributed by atoms with Gasteiger partial charge in [-0.3, -0.25) is 0 Å². The maximum absolute atomic E-state index is 10.2. The zero-order chi connectivity index (χ0) is 40.4. The molecular formula is C48H93NdO6. The third-order valence-corrected chi connectivity index (χ3v) is 10.5. The molecule has 0 spiro atoms. The molecule has 0 bridgehead atoms. The summed E-state index contributed by atoms with van der Waals surface area (Å²) in [4.78, 5) is 30.6. The van der Waals surface area contributed by atoms with E-state index in [9.17, 15) is 29.7 Å². The molecule has 0 aliphatic heterocycles. The molecule has 0 aromatic carbocycles. The van der Waals surface area contributed by atoms with Crippen molar-refractivity contribution >= 4 is 17.9 Å². The Morgan fingerprint density at radius 3 is 0.455 bits per heavy atom. The first-order chi connectivity index (χ1) is 26.3. The zero-order valence-electron chi connectivity index (χ0n) is 37.1. The maximum Gasteiger partial charge on any atom is 3.00 e. The second-order valence-corrected chi connectivity index (χ2v) is 16.1. The summed E-state index contributed by atoms with van der Waals surface area (Å²) >= 11 is 0. The van der Waals surface area contributed by atoms with Gasteiger partial charge in [0.2, 0.25) is 0 Å². The number of aliphatic carboxylic acids is 3. The Kier molecular flexibility index (Phi) is 64.9. The Morgan fingerprint density at radius 1 is 0.236 bits per heavy atom. The topological polar surface area (TPSA) is 120 Å². The van der Waals surface area contributed by atoms with Gasteiger partial charge in [0.25, 0.3) is 0 Å². The Labute approximate surface area is 376 Å². The average molecular weight is 911 g/mol. The molecule has 0 amide bonds. The standard InChI is InChI=1S/3C16H32O2.Nd/c3*1-2-3-4-5-6-7-8-9-10-11-12-13-14-15-16(17)18;/h3*2-15H2,1H3,(H,17,18);/q;;;+3/p-3. The zero-order valence-corrected chi connectivity index (χ0v) is 40.4. The Balaban J connectivity index is -0.000000351. The van der Waals surface area contributed by atoms with E-state index in [2.05, 4.69) is 20.8 Å². The summed E-state index contributed by atoms with van der Waals surface area (Å²) < 4.78 is 0. The minimum Gasteiger partial charge on any atom is -0.550 e. The molecule has 0 aromatic heterocycles. The number of carboxylic acid groups (broad SMARTS) is 3. The SMILES string of the molecule is CCCCCCCCCCCCCCCC(=O)[O-].CCCCCCCCCCCCCCCC(=O)[O-].CCCCCCCCCCCCCCCC(=O)[O-].[Nd+3]. The Bertz CT molecular complexity index is 636. The number of carboxylic acids is 3. The van der Waals surface area contributed by atoms with Crippen LogP contribution in [0.4, 0.5) is 0 Å². The van der Waals surface area contributed by atoms with Crippen LogP contribution in [0.3, 0.4) is 0 Å². The van der Waals surface area contributed by atoms with Crippen molar-refractivity contribution in [2.75, 3.05) is 0 Å². The van der Waals surface area contributed by atoms with Crippen LogP contribution in [-0.2, 0) is 14.4 Å². The summed E-state index contributed by atoms with van der Waals surface area (Å²) in [5.74, 6) is -2.71. The van der Waals surface area contributed by atoms with E-state index in [1.54, 1.807) is 0 Å². The van der Waals surface area contributed by atoms with Crippen molar-refractivity contribution in [3.8, 4) is 0 Å². The number of rotatable bonds is 42. The van der Waals surface area contributed by atoms with E-state index in [4.69, 9.17) is 0 Å². The van der Waals surface area contributed by atoms with Crippen molar-refractivity contribution in [2.24, 2.45) is 0 Å². The van der Waals surface area contributed by atoms with Crippen LogP contribution in [0.15, 0.2) is 0 Å². The molecule has 0 saturated carbocycles. The summed E-state index contributed by atoms with van der Waals surface area (Å²) in [6.45, 7) is 6.77. The summed E-state index contributed by atoms with van der Waals surface area (Å²) in [5, 5.41) is 30.6. The van der Waals surface area contributed by atoms with Crippen LogP contribution < -0.4 is 15.3 Å². The Hall–Kier alpha value is -0.239. The maximum atomic E-state index is 10.2. The van der Waals surface area contributed by atoms with Gasteiger partial charge < -0.3 is 29.7 Å². The molecule has 0 N–H and O–H groups in total. The van der Waals surface area contributed by atoms with Crippen molar-refractivity contribution < 1.29 is 70.5 Å². The van der Waals surface area contributed by atoms with Crippen molar-refractivity contribution in [2.45, 2.75) is 290 Å². The minimum atomic E-state index is -0.905. The molecule has 0 aliphatic rings. The fraction of sp³-hybridized carbons (Fsp3) is 0.938. The molecule has 0 aliphatic carbocycles. The molecule has 0 fully saturated rings. The first-order valence-corrected chi connectivity index (χ1v) is 23.9. The van der Waals surface area contributed by atoms with E-state index >= 15 is 0 Å². The molecule has 0 rings (SSSR count). The third kappa shape index (κ3) is 71.9. The van der Waals surface area contributed by atoms with Crippen LogP contribution in [-0.4, -0.2) is 17.9 Å². The van der Waals surface area contributed by atoms with Gasteiger partial charge in [0.15, 0.2) is 0 Å². The molecule has 0 unspecified atom stereocenters. The largest absolute Gasteiger partial charge is 3.00 e. The molecule has 0 heterocycles. The molecule has 325 valence electrons. The van der Waals surface area contributed by atoms with Crippen molar-refractivity contribution in [3.05, 3.63) is 0 Å².